The molecule has 4 fully saturated rings. The Bertz CT molecular complexity index is 239. The maximum atomic E-state index is 2.31. The van der Waals surface area contributed by atoms with Gasteiger partial charge in [-0.1, -0.05) is 51.9 Å². The van der Waals surface area contributed by atoms with Gasteiger partial charge in [0, 0.05) is 0 Å². The average molecular weight is 262 g/mol. The van der Waals surface area contributed by atoms with E-state index in [1.807, 2.05) is 0 Å². The summed E-state index contributed by atoms with van der Waals surface area (Å²) in [5.41, 5.74) is 0. The van der Waals surface area contributed by atoms with Gasteiger partial charge in [0.2, 0.25) is 0 Å². The summed E-state index contributed by atoms with van der Waals surface area (Å²) in [5.74, 6) is 5.80. The van der Waals surface area contributed by atoms with E-state index in [4.69, 9.17) is 0 Å². The molecule has 0 atom stereocenters. The molecule has 0 aromatic rings. The fourth-order valence-corrected chi connectivity index (χ4v) is 5.85. The van der Waals surface area contributed by atoms with Crippen molar-refractivity contribution in [3.8, 4) is 0 Å². The molecule has 4 aliphatic rings. The largest absolute Gasteiger partial charge is 0.0654 e. The van der Waals surface area contributed by atoms with E-state index in [9.17, 15) is 0 Å². The molecule has 4 aliphatic carbocycles. The molecule has 0 amide bonds. The Balaban J connectivity index is 1.32. The first-order valence-corrected chi connectivity index (χ1v) is 9.36. The molecule has 0 spiro atoms. The topological polar surface area (TPSA) is 0 Å². The third kappa shape index (κ3) is 3.37. The lowest BCUT2D eigenvalue weighted by atomic mass is 9.51. The molecule has 110 valence electrons. The van der Waals surface area contributed by atoms with Gasteiger partial charge in [-0.05, 0) is 68.1 Å². The molecule has 0 heteroatoms. The van der Waals surface area contributed by atoms with Gasteiger partial charge in [0.25, 0.3) is 0 Å². The Kier molecular flexibility index (Phi) is 4.87. The molecule has 0 heterocycles. The van der Waals surface area contributed by atoms with E-state index in [0.29, 0.717) is 0 Å². The standard InChI is InChI=1S/C19H34/c1-2-3-4-5-6-7-8-9-19-17-11-15-10-16(13-17)14-18(19)12-15/h15-19H,2-14H2,1H3. The van der Waals surface area contributed by atoms with Crippen molar-refractivity contribution in [2.24, 2.45) is 29.6 Å². The number of hydrogen-bond acceptors (Lipinski definition) is 0. The SMILES string of the molecule is CCCCCCCCCC1C2CC3CC(C2)CC1C3. The molecule has 0 unspecified atom stereocenters. The van der Waals surface area contributed by atoms with Crippen LogP contribution in [0.3, 0.4) is 0 Å². The quantitative estimate of drug-likeness (QED) is 0.457. The van der Waals surface area contributed by atoms with Crippen molar-refractivity contribution >= 4 is 0 Å². The van der Waals surface area contributed by atoms with Crippen LogP contribution in [0.1, 0.15) is 90.4 Å². The fraction of sp³-hybridized carbons (Fsp3) is 1.00. The van der Waals surface area contributed by atoms with E-state index in [2.05, 4.69) is 6.92 Å². The van der Waals surface area contributed by atoms with Gasteiger partial charge in [0.05, 0.1) is 0 Å². The summed E-state index contributed by atoms with van der Waals surface area (Å²) in [4.78, 5) is 0. The third-order valence-corrected chi connectivity index (χ3v) is 6.56. The summed E-state index contributed by atoms with van der Waals surface area (Å²) < 4.78 is 0. The van der Waals surface area contributed by atoms with Gasteiger partial charge in [0.1, 0.15) is 0 Å². The van der Waals surface area contributed by atoms with Crippen LogP contribution >= 0.6 is 0 Å². The lowest BCUT2D eigenvalue weighted by Gasteiger charge is -2.54. The minimum atomic E-state index is 1.16. The second-order valence-electron chi connectivity index (χ2n) is 8.00. The molecule has 4 bridgehead atoms. The summed E-state index contributed by atoms with van der Waals surface area (Å²) in [5, 5.41) is 0. The van der Waals surface area contributed by atoms with Crippen LogP contribution in [0.5, 0.6) is 0 Å². The van der Waals surface area contributed by atoms with E-state index in [-0.39, 0.29) is 0 Å². The highest BCUT2D eigenvalue weighted by Gasteiger charge is 2.47. The van der Waals surface area contributed by atoms with Crippen molar-refractivity contribution in [3.05, 3.63) is 0 Å². The van der Waals surface area contributed by atoms with Gasteiger partial charge in [-0.15, -0.1) is 0 Å². The van der Waals surface area contributed by atoms with Gasteiger partial charge >= 0.3 is 0 Å². The first-order chi connectivity index (χ1) is 9.36. The first kappa shape index (κ1) is 14.0. The van der Waals surface area contributed by atoms with Gasteiger partial charge in [-0.2, -0.15) is 0 Å². The predicted octanol–water partition coefficient (Wildman–Crippen LogP) is 6.20. The maximum Gasteiger partial charge on any atom is -0.0357 e. The molecule has 0 saturated heterocycles. The maximum absolute atomic E-state index is 2.31. The number of rotatable bonds is 8. The molecule has 0 aliphatic heterocycles. The molecule has 0 aromatic heterocycles. The van der Waals surface area contributed by atoms with Crippen LogP contribution in [0.2, 0.25) is 0 Å². The Morgan fingerprint density at radius 2 is 1.16 bits per heavy atom. The molecule has 0 radical (unpaired) electrons. The van der Waals surface area contributed by atoms with Crippen molar-refractivity contribution in [2.45, 2.75) is 90.4 Å². The molecule has 4 saturated carbocycles. The molecule has 0 nitrogen and oxygen atoms in total. The van der Waals surface area contributed by atoms with Crippen molar-refractivity contribution in [1.82, 2.24) is 0 Å². The lowest BCUT2D eigenvalue weighted by molar-refractivity contribution is -0.0404. The minimum Gasteiger partial charge on any atom is -0.0654 e. The van der Waals surface area contributed by atoms with E-state index < -0.39 is 0 Å². The smallest absolute Gasteiger partial charge is 0.0357 e. The second-order valence-corrected chi connectivity index (χ2v) is 8.00. The highest BCUT2D eigenvalue weighted by molar-refractivity contribution is 4.97. The highest BCUT2D eigenvalue weighted by atomic mass is 14.5. The van der Waals surface area contributed by atoms with Crippen LogP contribution in [0.15, 0.2) is 0 Å². The highest BCUT2D eigenvalue weighted by Crippen LogP contribution is 2.57. The molecule has 19 heavy (non-hydrogen) atoms. The minimum absolute atomic E-state index is 1.16. The zero-order valence-electron chi connectivity index (χ0n) is 13.1. The Morgan fingerprint density at radius 3 is 1.74 bits per heavy atom. The van der Waals surface area contributed by atoms with Crippen molar-refractivity contribution < 1.29 is 0 Å². The second kappa shape index (κ2) is 6.64. The van der Waals surface area contributed by atoms with Crippen molar-refractivity contribution in [1.29, 1.82) is 0 Å². The van der Waals surface area contributed by atoms with Gasteiger partial charge < -0.3 is 0 Å². The Labute approximate surface area is 120 Å². The van der Waals surface area contributed by atoms with Crippen LogP contribution in [-0.2, 0) is 0 Å². The molecular formula is C19H34. The molecular weight excluding hydrogens is 228 g/mol. The summed E-state index contributed by atoms with van der Waals surface area (Å²) in [6, 6.07) is 0. The monoisotopic (exact) mass is 262 g/mol. The Hall–Kier alpha value is 0. The van der Waals surface area contributed by atoms with Crippen LogP contribution < -0.4 is 0 Å². The number of hydrogen-bond donors (Lipinski definition) is 0. The van der Waals surface area contributed by atoms with E-state index in [1.54, 1.807) is 44.9 Å². The lowest BCUT2D eigenvalue weighted by Crippen LogP contribution is -2.44. The fourth-order valence-electron chi connectivity index (χ4n) is 5.85. The summed E-state index contributed by atoms with van der Waals surface area (Å²) >= 11 is 0. The summed E-state index contributed by atoms with van der Waals surface area (Å²) in [6.07, 6.45) is 20.1. The van der Waals surface area contributed by atoms with Gasteiger partial charge in [-0.25, -0.2) is 0 Å². The summed E-state index contributed by atoms with van der Waals surface area (Å²) in [7, 11) is 0. The molecule has 0 aromatic carbocycles. The zero-order valence-corrected chi connectivity index (χ0v) is 13.1. The van der Waals surface area contributed by atoms with Crippen LogP contribution in [0.25, 0.3) is 0 Å². The van der Waals surface area contributed by atoms with E-state index in [1.165, 1.54) is 38.5 Å². The molecule has 0 N–H and O–H groups in total. The van der Waals surface area contributed by atoms with E-state index >= 15 is 0 Å². The Morgan fingerprint density at radius 1 is 0.632 bits per heavy atom. The predicted molar refractivity (Wildman–Crippen MR) is 83.1 cm³/mol. The summed E-state index contributed by atoms with van der Waals surface area (Å²) in [6.45, 7) is 2.31. The zero-order chi connectivity index (χ0) is 13.1. The third-order valence-electron chi connectivity index (χ3n) is 6.56. The molecule has 4 rings (SSSR count). The van der Waals surface area contributed by atoms with Crippen LogP contribution in [0, 0.1) is 29.6 Å². The first-order valence-electron chi connectivity index (χ1n) is 9.36. The van der Waals surface area contributed by atoms with E-state index in [0.717, 1.165) is 29.6 Å². The number of unbranched alkanes of at least 4 members (excludes halogenated alkanes) is 6. The van der Waals surface area contributed by atoms with Gasteiger partial charge in [-0.3, -0.25) is 0 Å². The van der Waals surface area contributed by atoms with Crippen molar-refractivity contribution in [2.75, 3.05) is 0 Å². The van der Waals surface area contributed by atoms with Crippen LogP contribution in [-0.4, -0.2) is 0 Å². The normalized spacial score (nSPS) is 39.9. The van der Waals surface area contributed by atoms with Crippen molar-refractivity contribution in [3.63, 3.8) is 0 Å². The average Bonchev–Trinajstić information content (AvgIpc) is 2.39. The van der Waals surface area contributed by atoms with Crippen LogP contribution in [0.4, 0.5) is 0 Å². The van der Waals surface area contributed by atoms with Gasteiger partial charge in [0.15, 0.2) is 0 Å².